The van der Waals surface area contributed by atoms with E-state index in [1.807, 2.05) is 24.3 Å². The minimum absolute atomic E-state index is 0.291. The molecule has 0 saturated heterocycles. The van der Waals surface area contributed by atoms with Crippen LogP contribution >= 0.6 is 23.2 Å². The van der Waals surface area contributed by atoms with E-state index >= 15 is 0 Å². The Labute approximate surface area is 121 Å². The minimum Gasteiger partial charge on any atom is -0.454 e. The molecule has 0 radical (unpaired) electrons. The van der Waals surface area contributed by atoms with E-state index in [1.165, 1.54) is 0 Å². The van der Waals surface area contributed by atoms with Crippen molar-refractivity contribution in [2.45, 2.75) is 6.54 Å². The molecule has 1 aliphatic heterocycles. The van der Waals surface area contributed by atoms with E-state index in [9.17, 15) is 0 Å². The first-order chi connectivity index (χ1) is 9.22. The number of halogens is 2. The monoisotopic (exact) mass is 295 g/mol. The van der Waals surface area contributed by atoms with Gasteiger partial charge in [0.2, 0.25) is 6.79 Å². The zero-order valence-corrected chi connectivity index (χ0v) is 11.5. The predicted molar refractivity (Wildman–Crippen MR) is 76.4 cm³/mol. The second-order valence-corrected chi connectivity index (χ2v) is 4.98. The highest BCUT2D eigenvalue weighted by Gasteiger charge is 2.12. The molecular weight excluding hydrogens is 285 g/mol. The van der Waals surface area contributed by atoms with Crippen LogP contribution in [-0.2, 0) is 6.54 Å². The number of hydrogen-bond acceptors (Lipinski definition) is 3. The van der Waals surface area contributed by atoms with Gasteiger partial charge in [0.05, 0.1) is 10.0 Å². The highest BCUT2D eigenvalue weighted by molar-refractivity contribution is 6.42. The van der Waals surface area contributed by atoms with E-state index in [0.717, 1.165) is 22.7 Å². The van der Waals surface area contributed by atoms with Gasteiger partial charge in [-0.1, -0.05) is 29.3 Å². The number of anilines is 1. The maximum absolute atomic E-state index is 5.96. The van der Waals surface area contributed by atoms with Gasteiger partial charge in [-0.15, -0.1) is 0 Å². The summed E-state index contributed by atoms with van der Waals surface area (Å²) in [7, 11) is 0. The topological polar surface area (TPSA) is 30.5 Å². The Morgan fingerprint density at radius 3 is 2.63 bits per heavy atom. The Hall–Kier alpha value is -1.58. The Bertz CT molecular complexity index is 616. The summed E-state index contributed by atoms with van der Waals surface area (Å²) in [5.74, 6) is 1.58. The highest BCUT2D eigenvalue weighted by Crippen LogP contribution is 2.32. The van der Waals surface area contributed by atoms with Crippen molar-refractivity contribution in [3.05, 3.63) is 52.0 Å². The van der Waals surface area contributed by atoms with Crippen molar-refractivity contribution in [1.82, 2.24) is 0 Å². The first-order valence-electron chi connectivity index (χ1n) is 5.80. The van der Waals surface area contributed by atoms with Gasteiger partial charge in [-0.25, -0.2) is 0 Å². The summed E-state index contributed by atoms with van der Waals surface area (Å²) in [4.78, 5) is 0. The van der Waals surface area contributed by atoms with Gasteiger partial charge in [0.15, 0.2) is 11.5 Å². The molecule has 3 nitrogen and oxygen atoms in total. The van der Waals surface area contributed by atoms with E-state index in [0.29, 0.717) is 23.4 Å². The Morgan fingerprint density at radius 2 is 1.79 bits per heavy atom. The van der Waals surface area contributed by atoms with Crippen molar-refractivity contribution < 1.29 is 9.47 Å². The molecule has 1 aliphatic rings. The van der Waals surface area contributed by atoms with E-state index < -0.39 is 0 Å². The summed E-state index contributed by atoms with van der Waals surface area (Å²) in [5, 5.41) is 4.37. The van der Waals surface area contributed by atoms with E-state index in [2.05, 4.69) is 5.32 Å². The van der Waals surface area contributed by atoms with Gasteiger partial charge in [-0.05, 0) is 35.9 Å². The smallest absolute Gasteiger partial charge is 0.231 e. The van der Waals surface area contributed by atoms with Crippen molar-refractivity contribution in [2.24, 2.45) is 0 Å². The molecule has 98 valence electrons. The van der Waals surface area contributed by atoms with Gasteiger partial charge in [0.1, 0.15) is 0 Å². The maximum atomic E-state index is 5.96. The number of fused-ring (bicyclic) bond motifs is 1. The molecule has 0 saturated carbocycles. The van der Waals surface area contributed by atoms with E-state index in [-0.39, 0.29) is 0 Å². The summed E-state index contributed by atoms with van der Waals surface area (Å²) in [6.07, 6.45) is 0. The van der Waals surface area contributed by atoms with Crippen molar-refractivity contribution >= 4 is 28.9 Å². The standard InChI is InChI=1S/C14H11Cl2NO2/c15-11-3-2-10(6-12(11)16)17-7-9-1-4-13-14(5-9)19-8-18-13/h1-6,17H,7-8H2. The first kappa shape index (κ1) is 12.5. The van der Waals surface area contributed by atoms with Crippen LogP contribution in [0.2, 0.25) is 10.0 Å². The number of rotatable bonds is 3. The molecule has 2 aromatic rings. The molecule has 0 fully saturated rings. The average molecular weight is 296 g/mol. The second-order valence-electron chi connectivity index (χ2n) is 4.17. The Morgan fingerprint density at radius 1 is 0.947 bits per heavy atom. The third kappa shape index (κ3) is 2.72. The third-order valence-electron chi connectivity index (χ3n) is 2.85. The van der Waals surface area contributed by atoms with Crippen LogP contribution in [0.15, 0.2) is 36.4 Å². The van der Waals surface area contributed by atoms with Crippen LogP contribution < -0.4 is 14.8 Å². The van der Waals surface area contributed by atoms with Crippen LogP contribution in [0.5, 0.6) is 11.5 Å². The van der Waals surface area contributed by atoms with Crippen LogP contribution in [0, 0.1) is 0 Å². The quantitative estimate of drug-likeness (QED) is 0.914. The number of hydrogen-bond donors (Lipinski definition) is 1. The molecule has 1 N–H and O–H groups in total. The van der Waals surface area contributed by atoms with Crippen molar-refractivity contribution in [1.29, 1.82) is 0 Å². The molecule has 1 heterocycles. The van der Waals surface area contributed by atoms with E-state index in [1.54, 1.807) is 12.1 Å². The summed E-state index contributed by atoms with van der Waals surface area (Å²) in [5.41, 5.74) is 2.03. The SMILES string of the molecule is Clc1ccc(NCc2ccc3c(c2)OCO3)cc1Cl. The zero-order valence-electron chi connectivity index (χ0n) is 9.95. The summed E-state index contributed by atoms with van der Waals surface area (Å²) < 4.78 is 10.6. The number of nitrogens with one attached hydrogen (secondary N) is 1. The third-order valence-corrected chi connectivity index (χ3v) is 3.59. The zero-order chi connectivity index (χ0) is 13.2. The predicted octanol–water partition coefficient (Wildman–Crippen LogP) is 4.33. The van der Waals surface area contributed by atoms with Crippen LogP contribution in [0.3, 0.4) is 0 Å². The molecular formula is C14H11Cl2NO2. The molecule has 0 unspecified atom stereocenters. The molecule has 0 amide bonds. The van der Waals surface area contributed by atoms with Crippen LogP contribution in [0.1, 0.15) is 5.56 Å². The molecule has 19 heavy (non-hydrogen) atoms. The molecule has 0 spiro atoms. The Balaban J connectivity index is 1.70. The van der Waals surface area contributed by atoms with Gasteiger partial charge in [0, 0.05) is 12.2 Å². The second kappa shape index (κ2) is 5.19. The fourth-order valence-corrected chi connectivity index (χ4v) is 2.16. The molecule has 2 aromatic carbocycles. The van der Waals surface area contributed by atoms with Crippen molar-refractivity contribution in [2.75, 3.05) is 12.1 Å². The lowest BCUT2D eigenvalue weighted by atomic mass is 10.2. The normalized spacial score (nSPS) is 12.5. The van der Waals surface area contributed by atoms with Crippen LogP contribution in [0.4, 0.5) is 5.69 Å². The molecule has 0 aliphatic carbocycles. The molecule has 0 aromatic heterocycles. The lowest BCUT2D eigenvalue weighted by Gasteiger charge is -2.08. The van der Waals surface area contributed by atoms with Crippen molar-refractivity contribution in [3.8, 4) is 11.5 Å². The molecule has 0 atom stereocenters. The molecule has 3 rings (SSSR count). The summed E-state index contributed by atoms with van der Waals surface area (Å²) in [6.45, 7) is 0.966. The lowest BCUT2D eigenvalue weighted by molar-refractivity contribution is 0.174. The van der Waals surface area contributed by atoms with Crippen LogP contribution in [0.25, 0.3) is 0 Å². The largest absolute Gasteiger partial charge is 0.454 e. The number of benzene rings is 2. The first-order valence-corrected chi connectivity index (χ1v) is 6.55. The fraction of sp³-hybridized carbons (Fsp3) is 0.143. The highest BCUT2D eigenvalue weighted by atomic mass is 35.5. The molecule has 5 heteroatoms. The maximum Gasteiger partial charge on any atom is 0.231 e. The average Bonchev–Trinajstić information content (AvgIpc) is 2.87. The van der Waals surface area contributed by atoms with Crippen molar-refractivity contribution in [3.63, 3.8) is 0 Å². The lowest BCUT2D eigenvalue weighted by Crippen LogP contribution is -1.99. The van der Waals surface area contributed by atoms with Crippen LogP contribution in [-0.4, -0.2) is 6.79 Å². The number of ether oxygens (including phenoxy) is 2. The van der Waals surface area contributed by atoms with Gasteiger partial charge in [-0.3, -0.25) is 0 Å². The van der Waals surface area contributed by atoms with Gasteiger partial charge in [0.25, 0.3) is 0 Å². The van der Waals surface area contributed by atoms with Gasteiger partial charge >= 0.3 is 0 Å². The summed E-state index contributed by atoms with van der Waals surface area (Å²) in [6, 6.07) is 11.3. The summed E-state index contributed by atoms with van der Waals surface area (Å²) >= 11 is 11.8. The van der Waals surface area contributed by atoms with Gasteiger partial charge in [-0.2, -0.15) is 0 Å². The molecule has 0 bridgehead atoms. The fourth-order valence-electron chi connectivity index (χ4n) is 1.86. The van der Waals surface area contributed by atoms with E-state index in [4.69, 9.17) is 32.7 Å². The minimum atomic E-state index is 0.291. The van der Waals surface area contributed by atoms with Gasteiger partial charge < -0.3 is 14.8 Å². The Kier molecular flexibility index (Phi) is 3.40.